The molecule has 0 radical (unpaired) electrons. The minimum Gasteiger partial charge on any atom is -0.324 e. The third kappa shape index (κ3) is 2.42. The summed E-state index contributed by atoms with van der Waals surface area (Å²) in [5, 5.41) is 2.72. The Morgan fingerprint density at radius 3 is 3.16 bits per heavy atom. The zero-order valence-electron chi connectivity index (χ0n) is 13.6. The van der Waals surface area contributed by atoms with Gasteiger partial charge in [-0.3, -0.25) is 14.8 Å². The minimum atomic E-state index is -0.406. The van der Waals surface area contributed by atoms with E-state index in [0.29, 0.717) is 11.3 Å². The summed E-state index contributed by atoms with van der Waals surface area (Å²) in [4.78, 5) is 19.9. The van der Waals surface area contributed by atoms with Crippen LogP contribution in [0.5, 0.6) is 0 Å². The summed E-state index contributed by atoms with van der Waals surface area (Å²) >= 11 is 3.35. The molecule has 1 aliphatic heterocycles. The van der Waals surface area contributed by atoms with Crippen molar-refractivity contribution in [3.63, 3.8) is 0 Å². The second kappa shape index (κ2) is 4.93. The van der Waals surface area contributed by atoms with Gasteiger partial charge in [0.1, 0.15) is 6.54 Å². The number of aliphatic imine (C=N–C) groups is 1. The van der Waals surface area contributed by atoms with Gasteiger partial charge in [0.25, 0.3) is 0 Å². The Kier molecular flexibility index (Phi) is 2.13. The molecule has 4 nitrogen and oxygen atoms in total. The van der Waals surface area contributed by atoms with Crippen LogP contribution in [0.1, 0.15) is 16.7 Å². The van der Waals surface area contributed by atoms with Crippen LogP contribution in [0.25, 0.3) is 0 Å². The number of nitrogens with zero attached hydrogens (tertiary/aromatic N) is 2. The monoisotopic (exact) mass is 319 g/mol. The summed E-state index contributed by atoms with van der Waals surface area (Å²) in [7, 11) is 0. The third-order valence-corrected chi connectivity index (χ3v) is 3.08. The van der Waals surface area contributed by atoms with E-state index in [4.69, 9.17) is 5.48 Å². The molecule has 0 spiro atoms. The number of halogens is 1. The topological polar surface area (TPSA) is 54.4 Å². The highest BCUT2D eigenvalue weighted by Gasteiger charge is 2.18. The molecule has 0 aliphatic carbocycles. The molecule has 5 heteroatoms. The van der Waals surface area contributed by atoms with E-state index in [9.17, 15) is 4.79 Å². The zero-order valence-corrected chi connectivity index (χ0v) is 11.2. The van der Waals surface area contributed by atoms with Gasteiger partial charge in [-0.2, -0.15) is 0 Å². The lowest BCUT2D eigenvalue weighted by Gasteiger charge is -2.09. The summed E-state index contributed by atoms with van der Waals surface area (Å²) < 4.78 is 31.8. The number of benzene rings is 1. The molecular weight excluding hydrogens is 306 g/mol. The standard InChI is InChI=1S/C14H10BrN3O/c15-9-4-5-11-10(7-9)14(17-8-13(19)18-11)12-3-1-2-6-16-12/h1-7H,8H2,(H,18,19)/i1D,2D,3D,6D. The third-order valence-electron chi connectivity index (χ3n) is 2.58. The lowest BCUT2D eigenvalue weighted by atomic mass is 10.0. The van der Waals surface area contributed by atoms with Crippen molar-refractivity contribution < 1.29 is 10.3 Å². The van der Waals surface area contributed by atoms with Gasteiger partial charge < -0.3 is 5.32 Å². The van der Waals surface area contributed by atoms with Gasteiger partial charge in [0, 0.05) is 16.2 Å². The van der Waals surface area contributed by atoms with Gasteiger partial charge in [-0.25, -0.2) is 0 Å². The number of aromatic nitrogens is 1. The van der Waals surface area contributed by atoms with Crippen molar-refractivity contribution in [3.8, 4) is 0 Å². The number of nitrogens with one attached hydrogen (secondary N) is 1. The fourth-order valence-electron chi connectivity index (χ4n) is 1.79. The predicted molar refractivity (Wildman–Crippen MR) is 77.5 cm³/mol. The summed E-state index contributed by atoms with van der Waals surface area (Å²) in [5.41, 5.74) is 1.34. The number of benzodiazepines with no additional fused rings is 1. The molecule has 1 aliphatic rings. The van der Waals surface area contributed by atoms with Gasteiger partial charge in [0.2, 0.25) is 5.91 Å². The molecule has 2 heterocycles. The first-order chi connectivity index (χ1) is 10.9. The SMILES string of the molecule is [2H]c1nc(C2=NCC(=O)Nc3ccc(Br)cc32)c([2H])c([2H])c1[2H]. The molecular formula is C14H10BrN3O. The van der Waals surface area contributed by atoms with Crippen molar-refractivity contribution >= 4 is 33.2 Å². The number of carbonyl (C=O) groups is 1. The molecule has 94 valence electrons. The Labute approximate surface area is 124 Å². The van der Waals surface area contributed by atoms with Gasteiger partial charge in [-0.1, -0.05) is 22.0 Å². The first kappa shape index (κ1) is 8.22. The number of pyridine rings is 1. The van der Waals surface area contributed by atoms with Crippen molar-refractivity contribution in [1.82, 2.24) is 4.98 Å². The minimum absolute atomic E-state index is 0.0202. The van der Waals surface area contributed by atoms with E-state index in [-0.39, 0.29) is 35.9 Å². The molecule has 2 aromatic rings. The van der Waals surface area contributed by atoms with Crippen LogP contribution >= 0.6 is 15.9 Å². The van der Waals surface area contributed by atoms with Gasteiger partial charge in [0.05, 0.1) is 22.6 Å². The highest BCUT2D eigenvalue weighted by molar-refractivity contribution is 9.10. The Balaban J connectivity index is 2.29. The Hall–Kier alpha value is -2.01. The van der Waals surface area contributed by atoms with E-state index in [1.807, 2.05) is 0 Å². The van der Waals surface area contributed by atoms with Crippen LogP contribution < -0.4 is 5.32 Å². The first-order valence-corrected chi connectivity index (χ1v) is 6.26. The Bertz CT molecular complexity index is 870. The van der Waals surface area contributed by atoms with E-state index in [1.165, 1.54) is 0 Å². The maximum Gasteiger partial charge on any atom is 0.246 e. The van der Waals surface area contributed by atoms with Crippen molar-refractivity contribution in [1.29, 1.82) is 0 Å². The van der Waals surface area contributed by atoms with E-state index >= 15 is 0 Å². The first-order valence-electron chi connectivity index (χ1n) is 7.47. The lowest BCUT2D eigenvalue weighted by Crippen LogP contribution is -2.13. The van der Waals surface area contributed by atoms with Crippen LogP contribution in [-0.4, -0.2) is 23.1 Å². The highest BCUT2D eigenvalue weighted by Crippen LogP contribution is 2.25. The average Bonchev–Trinajstić information content (AvgIpc) is 2.67. The maximum atomic E-state index is 11.8. The molecule has 0 saturated heterocycles. The van der Waals surface area contributed by atoms with Gasteiger partial charge >= 0.3 is 0 Å². The predicted octanol–water partition coefficient (Wildman–Crippen LogP) is 2.63. The number of anilines is 1. The number of hydrogen-bond acceptors (Lipinski definition) is 3. The molecule has 0 unspecified atom stereocenters. The van der Waals surface area contributed by atoms with Gasteiger partial charge in [-0.15, -0.1) is 0 Å². The van der Waals surface area contributed by atoms with Gasteiger partial charge in [-0.05, 0) is 30.3 Å². The maximum absolute atomic E-state index is 11.8. The molecule has 3 rings (SSSR count). The molecule has 19 heavy (non-hydrogen) atoms. The summed E-state index contributed by atoms with van der Waals surface area (Å²) in [5.74, 6) is -0.301. The summed E-state index contributed by atoms with van der Waals surface area (Å²) in [6, 6.07) is 4.10. The van der Waals surface area contributed by atoms with Crippen LogP contribution in [0.2, 0.25) is 0 Å². The molecule has 1 amide bonds. The van der Waals surface area contributed by atoms with Gasteiger partial charge in [0.15, 0.2) is 0 Å². The second-order valence-corrected chi connectivity index (χ2v) is 4.77. The number of amides is 1. The number of hydrogen-bond donors (Lipinski definition) is 1. The molecule has 0 atom stereocenters. The molecule has 0 fully saturated rings. The molecule has 0 bridgehead atoms. The number of carbonyl (C=O) groups excluding carboxylic acids is 1. The Morgan fingerprint density at radius 2 is 2.26 bits per heavy atom. The molecule has 1 N–H and O–H groups in total. The molecule has 1 aromatic carbocycles. The van der Waals surface area contributed by atoms with Crippen molar-refractivity contribution in [3.05, 3.63) is 58.2 Å². The Morgan fingerprint density at radius 1 is 1.37 bits per heavy atom. The van der Waals surface area contributed by atoms with Crippen LogP contribution in [0.3, 0.4) is 0 Å². The van der Waals surface area contributed by atoms with Crippen molar-refractivity contribution in [2.24, 2.45) is 4.99 Å². The largest absolute Gasteiger partial charge is 0.324 e. The normalized spacial score (nSPS) is 17.1. The fraction of sp³-hybridized carbons (Fsp3) is 0.0714. The van der Waals surface area contributed by atoms with E-state index in [1.54, 1.807) is 18.2 Å². The lowest BCUT2D eigenvalue weighted by molar-refractivity contribution is -0.114. The van der Waals surface area contributed by atoms with Crippen LogP contribution in [0.4, 0.5) is 5.69 Å². The van der Waals surface area contributed by atoms with Crippen molar-refractivity contribution in [2.45, 2.75) is 0 Å². The highest BCUT2D eigenvalue weighted by atomic mass is 79.9. The number of fused-ring (bicyclic) bond motifs is 1. The van der Waals surface area contributed by atoms with E-state index in [2.05, 4.69) is 31.2 Å². The molecule has 0 saturated carbocycles. The quantitative estimate of drug-likeness (QED) is 0.878. The smallest absolute Gasteiger partial charge is 0.246 e. The molecule has 1 aromatic heterocycles. The van der Waals surface area contributed by atoms with Crippen LogP contribution in [0.15, 0.2) is 52.0 Å². The fourth-order valence-corrected chi connectivity index (χ4v) is 2.15. The number of rotatable bonds is 1. The summed E-state index contributed by atoms with van der Waals surface area (Å²) in [6.07, 6.45) is -0.399. The summed E-state index contributed by atoms with van der Waals surface area (Å²) in [6.45, 7) is -0.147. The average molecular weight is 320 g/mol. The second-order valence-electron chi connectivity index (χ2n) is 3.85. The van der Waals surface area contributed by atoms with Crippen LogP contribution in [0, 0.1) is 0 Å². The zero-order chi connectivity index (χ0) is 16.7. The van der Waals surface area contributed by atoms with Crippen LogP contribution in [-0.2, 0) is 4.79 Å². The van der Waals surface area contributed by atoms with E-state index in [0.717, 1.165) is 4.47 Å². The van der Waals surface area contributed by atoms with E-state index < -0.39 is 12.2 Å². The van der Waals surface area contributed by atoms with Crippen molar-refractivity contribution in [2.75, 3.05) is 11.9 Å².